The smallest absolute Gasteiger partial charge is 0.328 e. The summed E-state index contributed by atoms with van der Waals surface area (Å²) in [5, 5.41) is 20.4. The predicted molar refractivity (Wildman–Crippen MR) is 102 cm³/mol. The van der Waals surface area contributed by atoms with Crippen LogP contribution < -0.4 is 16.6 Å². The number of aromatic nitrogens is 2. The first kappa shape index (κ1) is 21.7. The highest BCUT2D eigenvalue weighted by Crippen LogP contribution is 2.12. The van der Waals surface area contributed by atoms with E-state index >= 15 is 0 Å². The second-order valence-corrected chi connectivity index (χ2v) is 5.39. The highest BCUT2D eigenvalue weighted by atomic mass is 16.3. The Balaban J connectivity index is 0.000000445. The number of benzene rings is 1. The van der Waals surface area contributed by atoms with Crippen molar-refractivity contribution < 1.29 is 9.90 Å². The molecule has 0 saturated carbocycles. The maximum atomic E-state index is 11.8. The number of H-pyrrole nitrogens is 2. The average Bonchev–Trinajstić information content (AvgIpc) is 2.63. The minimum absolute atomic E-state index is 0.332. The van der Waals surface area contributed by atoms with E-state index in [1.165, 1.54) is 43.9 Å². The quantitative estimate of drug-likeness (QED) is 0.621. The van der Waals surface area contributed by atoms with Crippen molar-refractivity contribution in [3.8, 4) is 11.9 Å². The van der Waals surface area contributed by atoms with E-state index in [9.17, 15) is 19.5 Å². The molecule has 0 aliphatic heterocycles. The van der Waals surface area contributed by atoms with Crippen LogP contribution in [0.15, 0.2) is 33.9 Å². The number of anilines is 1. The summed E-state index contributed by atoms with van der Waals surface area (Å²) in [7, 11) is 0. The Hall–Kier alpha value is -3.38. The number of hydrogen-bond donors (Lipinski definition) is 4. The predicted octanol–water partition coefficient (Wildman–Crippen LogP) is 1.24. The van der Waals surface area contributed by atoms with Gasteiger partial charge in [0.15, 0.2) is 5.56 Å². The van der Waals surface area contributed by atoms with Gasteiger partial charge in [-0.3, -0.25) is 19.6 Å². The molecule has 0 fully saturated rings. The van der Waals surface area contributed by atoms with Gasteiger partial charge in [-0.15, -0.1) is 0 Å². The zero-order valence-electron chi connectivity index (χ0n) is 15.5. The van der Waals surface area contributed by atoms with Crippen molar-refractivity contribution in [3.05, 3.63) is 56.2 Å². The van der Waals surface area contributed by atoms with Gasteiger partial charge in [0, 0.05) is 5.69 Å². The van der Waals surface area contributed by atoms with E-state index in [1.807, 2.05) is 16.0 Å². The van der Waals surface area contributed by atoms with Crippen molar-refractivity contribution in [2.24, 2.45) is 0 Å². The molecule has 0 aliphatic rings. The highest BCUT2D eigenvalue weighted by Gasteiger charge is 2.17. The average molecular weight is 373 g/mol. The van der Waals surface area contributed by atoms with Gasteiger partial charge in [-0.25, -0.2) is 4.79 Å². The molecule has 1 amide bonds. The third-order valence-electron chi connectivity index (χ3n) is 3.76. The Bertz CT molecular complexity index is 900. The van der Waals surface area contributed by atoms with E-state index in [0.717, 1.165) is 0 Å². The number of hydrogen-bond acceptors (Lipinski definition) is 6. The molecule has 27 heavy (non-hydrogen) atoms. The minimum Gasteiger partial charge on any atom is -0.494 e. The van der Waals surface area contributed by atoms with Gasteiger partial charge in [0.05, 0.1) is 11.6 Å². The molecule has 2 rings (SSSR count). The third-order valence-corrected chi connectivity index (χ3v) is 3.76. The van der Waals surface area contributed by atoms with Crippen molar-refractivity contribution in [3.63, 3.8) is 0 Å². The van der Waals surface area contributed by atoms with Crippen LogP contribution in [0.4, 0.5) is 5.69 Å². The van der Waals surface area contributed by atoms with E-state index in [0.29, 0.717) is 11.3 Å². The van der Waals surface area contributed by atoms with Gasteiger partial charge < -0.3 is 15.3 Å². The Morgan fingerprint density at radius 1 is 1.11 bits per heavy atom. The molecule has 1 aromatic carbocycles. The molecular formula is C18H23N5O4. The molecule has 2 aromatic rings. The summed E-state index contributed by atoms with van der Waals surface area (Å²) < 4.78 is 0. The fourth-order valence-corrected chi connectivity index (χ4v) is 2.18. The zero-order valence-corrected chi connectivity index (χ0v) is 15.5. The topological polar surface area (TPSA) is 142 Å². The highest BCUT2D eigenvalue weighted by molar-refractivity contribution is 6.05. The molecule has 9 nitrogen and oxygen atoms in total. The van der Waals surface area contributed by atoms with Crippen LogP contribution in [0.5, 0.6) is 5.88 Å². The normalized spacial score (nSPS) is 9.89. The number of aromatic hydroxyl groups is 1. The van der Waals surface area contributed by atoms with Crippen LogP contribution >= 0.6 is 0 Å². The third kappa shape index (κ3) is 6.45. The summed E-state index contributed by atoms with van der Waals surface area (Å²) in [5.41, 5.74) is -1.78. The number of carbonyl (C=O) groups excluding carboxylic acids is 1. The second-order valence-electron chi connectivity index (χ2n) is 5.39. The first-order chi connectivity index (χ1) is 12.9. The van der Waals surface area contributed by atoms with Crippen LogP contribution in [-0.4, -0.2) is 45.5 Å². The molecule has 0 atom stereocenters. The molecule has 0 bridgehead atoms. The van der Waals surface area contributed by atoms with Crippen LogP contribution in [0.2, 0.25) is 0 Å². The van der Waals surface area contributed by atoms with Crippen LogP contribution in [0.1, 0.15) is 36.7 Å². The Labute approximate surface area is 156 Å². The van der Waals surface area contributed by atoms with Crippen LogP contribution in [0.25, 0.3) is 0 Å². The number of nitrogens with zero attached hydrogens (tertiary/aromatic N) is 2. The minimum atomic E-state index is -1.00. The van der Waals surface area contributed by atoms with Gasteiger partial charge in [0.2, 0.25) is 5.88 Å². The Kier molecular flexibility index (Phi) is 8.48. The van der Waals surface area contributed by atoms with Crippen LogP contribution in [0.3, 0.4) is 0 Å². The maximum Gasteiger partial charge on any atom is 0.328 e. The van der Waals surface area contributed by atoms with Crippen molar-refractivity contribution in [2.45, 2.75) is 20.8 Å². The van der Waals surface area contributed by atoms with Gasteiger partial charge >= 0.3 is 5.69 Å². The summed E-state index contributed by atoms with van der Waals surface area (Å²) in [6.45, 7) is 10.1. The lowest BCUT2D eigenvalue weighted by Crippen LogP contribution is -2.30. The van der Waals surface area contributed by atoms with Crippen LogP contribution in [0, 0.1) is 11.3 Å². The zero-order chi connectivity index (χ0) is 20.4. The summed E-state index contributed by atoms with van der Waals surface area (Å²) in [6, 6.07) is 7.80. The number of nitriles is 1. The van der Waals surface area contributed by atoms with E-state index in [2.05, 4.69) is 31.0 Å². The monoisotopic (exact) mass is 373 g/mol. The summed E-state index contributed by atoms with van der Waals surface area (Å²) >= 11 is 0. The first-order valence-electron chi connectivity index (χ1n) is 8.45. The van der Waals surface area contributed by atoms with Gasteiger partial charge in [0.1, 0.15) is 0 Å². The second kappa shape index (κ2) is 10.6. The van der Waals surface area contributed by atoms with E-state index < -0.39 is 28.6 Å². The van der Waals surface area contributed by atoms with Gasteiger partial charge in [-0.1, -0.05) is 20.8 Å². The van der Waals surface area contributed by atoms with Gasteiger partial charge in [-0.05, 0) is 43.9 Å². The van der Waals surface area contributed by atoms with Gasteiger partial charge in [0.25, 0.3) is 11.5 Å². The first-order valence-corrected chi connectivity index (χ1v) is 8.45. The lowest BCUT2D eigenvalue weighted by atomic mass is 10.2. The molecule has 0 radical (unpaired) electrons. The molecule has 1 heterocycles. The molecule has 0 saturated heterocycles. The van der Waals surface area contributed by atoms with Gasteiger partial charge in [-0.2, -0.15) is 5.26 Å². The number of rotatable bonds is 5. The standard InChI is InChI=1S/C12H8N4O4.C6H15N/c13-5-6-1-3-7(4-2-6)14-9(17)8-10(18)15-12(20)16-11(8)19;1-4-7(5-2)6-3/h1-4H,(H,14,17)(H3,15,16,18,19,20);4-6H2,1-3H3. The summed E-state index contributed by atoms with van der Waals surface area (Å²) in [5.74, 6) is -1.70. The Morgan fingerprint density at radius 3 is 2.07 bits per heavy atom. The fourth-order valence-electron chi connectivity index (χ4n) is 2.18. The largest absolute Gasteiger partial charge is 0.494 e. The number of nitrogens with one attached hydrogen (secondary N) is 3. The SMILES string of the molecule is CCN(CC)CC.N#Cc1ccc(NC(=O)c2c(O)[nH]c(=O)[nH]c2=O)cc1. The van der Waals surface area contributed by atoms with Crippen molar-refractivity contribution in [1.29, 1.82) is 5.26 Å². The van der Waals surface area contributed by atoms with E-state index in [4.69, 9.17) is 5.26 Å². The molecule has 0 aliphatic carbocycles. The summed E-state index contributed by atoms with van der Waals surface area (Å²) in [4.78, 5) is 40.3. The number of carbonyl (C=O) groups is 1. The molecule has 1 aromatic heterocycles. The fraction of sp³-hybridized carbons (Fsp3) is 0.333. The molecule has 0 unspecified atom stereocenters. The molecule has 0 spiro atoms. The lowest BCUT2D eigenvalue weighted by Gasteiger charge is -2.13. The van der Waals surface area contributed by atoms with Crippen LogP contribution in [-0.2, 0) is 0 Å². The van der Waals surface area contributed by atoms with E-state index in [-0.39, 0.29) is 0 Å². The van der Waals surface area contributed by atoms with Crippen molar-refractivity contribution in [2.75, 3.05) is 25.0 Å². The molecule has 9 heteroatoms. The molecule has 144 valence electrons. The summed E-state index contributed by atoms with van der Waals surface area (Å²) in [6.07, 6.45) is 0. The molecular weight excluding hydrogens is 350 g/mol. The Morgan fingerprint density at radius 2 is 1.67 bits per heavy atom. The van der Waals surface area contributed by atoms with Crippen molar-refractivity contribution in [1.82, 2.24) is 14.9 Å². The van der Waals surface area contributed by atoms with Crippen molar-refractivity contribution >= 4 is 11.6 Å². The molecule has 4 N–H and O–H groups in total. The maximum absolute atomic E-state index is 11.8. The number of amides is 1. The number of aromatic amines is 2. The van der Waals surface area contributed by atoms with E-state index in [1.54, 1.807) is 0 Å². The lowest BCUT2D eigenvalue weighted by molar-refractivity contribution is 0.102.